The molecule has 1 atom stereocenters. The van der Waals surface area contributed by atoms with Gasteiger partial charge in [-0.1, -0.05) is 39.0 Å². The molecule has 12 heteroatoms. The number of nitriles is 1. The number of nitrogens with one attached hydrogen (secondary N) is 1. The van der Waals surface area contributed by atoms with Gasteiger partial charge in [-0.05, 0) is 41.3 Å². The first-order valence-electron chi connectivity index (χ1n) is 12.3. The first-order valence-corrected chi connectivity index (χ1v) is 14.7. The van der Waals surface area contributed by atoms with Gasteiger partial charge >= 0.3 is 6.18 Å². The Labute approximate surface area is 229 Å². The van der Waals surface area contributed by atoms with E-state index < -0.39 is 21.6 Å². The highest BCUT2D eigenvalue weighted by Crippen LogP contribution is 2.43. The molecule has 0 fully saturated rings. The maximum absolute atomic E-state index is 13.1. The second kappa shape index (κ2) is 11.1. The number of alkyl halides is 3. The number of anilines is 1. The minimum atomic E-state index is -4.52. The van der Waals surface area contributed by atoms with Crippen molar-refractivity contribution in [2.24, 2.45) is 5.92 Å². The number of amides is 1. The largest absolute Gasteiger partial charge is 0.416 e. The molecule has 4 rings (SSSR count). The monoisotopic (exact) mass is 576 g/mol. The molecule has 0 bridgehead atoms. The summed E-state index contributed by atoms with van der Waals surface area (Å²) in [5.74, 6) is -0.162. The fourth-order valence-corrected chi connectivity index (χ4v) is 6.58. The zero-order chi connectivity index (χ0) is 28.5. The topological polar surface area (TPSA) is 103 Å². The third-order valence-corrected chi connectivity index (χ3v) is 9.31. The van der Waals surface area contributed by atoms with Crippen molar-refractivity contribution in [3.8, 4) is 6.07 Å². The van der Waals surface area contributed by atoms with Crippen molar-refractivity contribution in [2.75, 3.05) is 11.1 Å². The van der Waals surface area contributed by atoms with E-state index >= 15 is 0 Å². The maximum Gasteiger partial charge on any atom is 0.416 e. The molecule has 0 unspecified atom stereocenters. The number of fused-ring (bicyclic) bond motifs is 1. The van der Waals surface area contributed by atoms with Crippen LogP contribution in [-0.4, -0.2) is 30.0 Å². The minimum Gasteiger partial charge on any atom is -0.302 e. The number of halogens is 3. The lowest BCUT2D eigenvalue weighted by molar-refractivity contribution is -0.137. The maximum atomic E-state index is 13.1. The summed E-state index contributed by atoms with van der Waals surface area (Å²) >= 11 is 1.34. The normalized spacial score (nSPS) is 15.8. The average Bonchev–Trinajstić information content (AvgIpc) is 3.40. The number of nitrogens with zero attached hydrogens (tertiary/aromatic N) is 3. The molecular weight excluding hydrogens is 549 g/mol. The summed E-state index contributed by atoms with van der Waals surface area (Å²) in [6.07, 6.45) is -4.46. The summed E-state index contributed by atoms with van der Waals surface area (Å²) in [6.45, 7) is 6.39. The zero-order valence-corrected chi connectivity index (χ0v) is 23.2. The lowest BCUT2D eigenvalue weighted by Gasteiger charge is -2.28. The Hall–Kier alpha value is -3.27. The molecule has 0 aliphatic carbocycles. The molecule has 1 N–H and O–H groups in total. The van der Waals surface area contributed by atoms with E-state index in [0.29, 0.717) is 29.3 Å². The van der Waals surface area contributed by atoms with Crippen LogP contribution in [0.5, 0.6) is 0 Å². The lowest BCUT2D eigenvalue weighted by Crippen LogP contribution is -2.26. The minimum absolute atomic E-state index is 0.000170. The van der Waals surface area contributed by atoms with E-state index in [4.69, 9.17) is 0 Å². The molecule has 7 nitrogen and oxygen atoms in total. The lowest BCUT2D eigenvalue weighted by atomic mass is 9.99. The van der Waals surface area contributed by atoms with Gasteiger partial charge in [0.1, 0.15) is 0 Å². The molecule has 2 aromatic carbocycles. The quantitative estimate of drug-likeness (QED) is 0.368. The second-order valence-corrected chi connectivity index (χ2v) is 13.0. The van der Waals surface area contributed by atoms with Crippen molar-refractivity contribution in [1.82, 2.24) is 9.88 Å². The van der Waals surface area contributed by atoms with E-state index in [-0.39, 0.29) is 40.5 Å². The van der Waals surface area contributed by atoms with Crippen LogP contribution in [0, 0.1) is 17.2 Å². The number of benzene rings is 2. The molecule has 2 heterocycles. The van der Waals surface area contributed by atoms with E-state index in [9.17, 15) is 31.6 Å². The molecule has 39 heavy (non-hydrogen) atoms. The number of thiazole rings is 1. The fraction of sp³-hybridized carbons (Fsp3) is 0.370. The Kier molecular flexibility index (Phi) is 8.16. The third-order valence-electron chi connectivity index (χ3n) is 6.58. The SMILES string of the molecule is CCS(=O)(=O)c1ccc(CC(=O)Nc2nc3c(s2)CN(Cc2ccc(C(F)(F)F)cc2C#N)[C@H]3C(C)C)cc1. The molecule has 1 aromatic heterocycles. The highest BCUT2D eigenvalue weighted by atomic mass is 32.2. The predicted molar refractivity (Wildman–Crippen MR) is 142 cm³/mol. The van der Waals surface area contributed by atoms with Crippen molar-refractivity contribution >= 4 is 32.2 Å². The molecule has 0 saturated heterocycles. The van der Waals surface area contributed by atoms with Gasteiger partial charge in [0, 0.05) is 18.0 Å². The number of hydrogen-bond acceptors (Lipinski definition) is 7. The van der Waals surface area contributed by atoms with E-state index in [1.165, 1.54) is 29.5 Å². The molecule has 1 aliphatic heterocycles. The zero-order valence-electron chi connectivity index (χ0n) is 21.5. The van der Waals surface area contributed by atoms with E-state index in [1.54, 1.807) is 19.1 Å². The van der Waals surface area contributed by atoms with E-state index in [1.807, 2.05) is 19.9 Å². The first kappa shape index (κ1) is 28.7. The summed E-state index contributed by atoms with van der Waals surface area (Å²) in [5, 5.41) is 12.7. The Morgan fingerprint density at radius 3 is 2.51 bits per heavy atom. The summed E-state index contributed by atoms with van der Waals surface area (Å²) in [7, 11) is -3.31. The highest BCUT2D eigenvalue weighted by Gasteiger charge is 2.37. The van der Waals surface area contributed by atoms with Crippen LogP contribution in [0.4, 0.5) is 18.3 Å². The van der Waals surface area contributed by atoms with Gasteiger partial charge in [-0.15, -0.1) is 11.3 Å². The van der Waals surface area contributed by atoms with Crippen LogP contribution in [0.25, 0.3) is 0 Å². The number of aromatic nitrogens is 1. The second-order valence-electron chi connectivity index (χ2n) is 9.68. The van der Waals surface area contributed by atoms with Gasteiger partial charge in [-0.25, -0.2) is 13.4 Å². The molecule has 1 amide bonds. The number of hydrogen-bond donors (Lipinski definition) is 1. The van der Waals surface area contributed by atoms with E-state index in [0.717, 1.165) is 22.7 Å². The Morgan fingerprint density at radius 2 is 1.92 bits per heavy atom. The third kappa shape index (κ3) is 6.32. The standard InChI is InChI=1S/C27H27F3N4O3S2/c1-4-39(36,37)21-9-5-17(6-10-21)11-23(35)32-26-33-24-22(38-26)15-34(25(24)16(2)3)14-18-7-8-20(27(28,29)30)12-19(18)13-31/h5-10,12,16,25H,4,11,14-15H2,1-3H3,(H,32,33,35)/t25-/m0/s1. The van der Waals surface area contributed by atoms with Gasteiger partial charge in [0.05, 0.1) is 46.0 Å². The predicted octanol–water partition coefficient (Wildman–Crippen LogP) is 5.72. The van der Waals surface area contributed by atoms with Gasteiger partial charge in [-0.2, -0.15) is 18.4 Å². The first-order chi connectivity index (χ1) is 18.3. The molecule has 1 aliphatic rings. The van der Waals surface area contributed by atoms with Crippen molar-refractivity contribution in [1.29, 1.82) is 5.26 Å². The van der Waals surface area contributed by atoms with Crippen molar-refractivity contribution in [3.63, 3.8) is 0 Å². The van der Waals surface area contributed by atoms with Gasteiger partial charge in [0.25, 0.3) is 0 Å². The van der Waals surface area contributed by atoms with Gasteiger partial charge in [0.15, 0.2) is 15.0 Å². The molecule has 0 saturated carbocycles. The Balaban J connectivity index is 1.45. The van der Waals surface area contributed by atoms with Crippen LogP contribution < -0.4 is 5.32 Å². The van der Waals surface area contributed by atoms with Gasteiger partial charge in [0.2, 0.25) is 5.91 Å². The van der Waals surface area contributed by atoms with Crippen LogP contribution in [0.2, 0.25) is 0 Å². The van der Waals surface area contributed by atoms with Gasteiger partial charge in [-0.3, -0.25) is 9.69 Å². The molecule has 206 valence electrons. The Bertz CT molecular complexity index is 1530. The summed E-state index contributed by atoms with van der Waals surface area (Å²) < 4.78 is 63.2. The smallest absolute Gasteiger partial charge is 0.302 e. The van der Waals surface area contributed by atoms with Crippen molar-refractivity contribution in [3.05, 3.63) is 75.3 Å². The number of carbonyl (C=O) groups excluding carboxylic acids is 1. The molecule has 0 radical (unpaired) electrons. The van der Waals surface area contributed by atoms with Crippen LogP contribution in [0.15, 0.2) is 47.4 Å². The summed E-state index contributed by atoms with van der Waals surface area (Å²) in [6, 6.07) is 11.2. The van der Waals surface area contributed by atoms with Crippen molar-refractivity contribution < 1.29 is 26.4 Å². The van der Waals surface area contributed by atoms with Gasteiger partial charge < -0.3 is 5.32 Å². The Morgan fingerprint density at radius 1 is 1.23 bits per heavy atom. The number of rotatable bonds is 8. The van der Waals surface area contributed by atoms with Crippen LogP contribution in [0.3, 0.4) is 0 Å². The van der Waals surface area contributed by atoms with Crippen LogP contribution >= 0.6 is 11.3 Å². The number of sulfone groups is 1. The summed E-state index contributed by atoms with van der Waals surface area (Å²) in [5.41, 5.74) is 1.13. The van der Waals surface area contributed by atoms with Crippen LogP contribution in [0.1, 0.15) is 59.6 Å². The number of carbonyl (C=O) groups is 1. The van der Waals surface area contributed by atoms with Crippen LogP contribution in [-0.2, 0) is 40.3 Å². The molecular formula is C27H27F3N4O3S2. The molecule has 3 aromatic rings. The average molecular weight is 577 g/mol. The molecule has 0 spiro atoms. The summed E-state index contributed by atoms with van der Waals surface area (Å²) in [4.78, 5) is 20.6. The van der Waals surface area contributed by atoms with Crippen molar-refractivity contribution in [2.45, 2.75) is 57.4 Å². The fourth-order valence-electron chi connectivity index (χ4n) is 4.65. The highest BCUT2D eigenvalue weighted by molar-refractivity contribution is 7.91. The van der Waals surface area contributed by atoms with E-state index in [2.05, 4.69) is 15.2 Å².